The van der Waals surface area contributed by atoms with Crippen molar-refractivity contribution in [1.29, 1.82) is 0 Å². The highest BCUT2D eigenvalue weighted by Crippen LogP contribution is 2.63. The van der Waals surface area contributed by atoms with Crippen LogP contribution in [0.5, 0.6) is 0 Å². The molecule has 1 nitrogen and oxygen atoms in total. The van der Waals surface area contributed by atoms with Crippen LogP contribution in [0.15, 0.2) is 273 Å². The first kappa shape index (κ1) is 41.7. The van der Waals surface area contributed by atoms with E-state index < -0.39 is 5.41 Å². The van der Waals surface area contributed by atoms with Crippen LogP contribution in [-0.4, -0.2) is 0 Å². The molecule has 1 heterocycles. The van der Waals surface area contributed by atoms with Crippen LogP contribution >= 0.6 is 11.3 Å². The van der Waals surface area contributed by atoms with Crippen LogP contribution in [-0.2, 0) is 5.41 Å². The second-order valence-corrected chi connectivity index (χ2v) is 20.6. The van der Waals surface area contributed by atoms with E-state index in [0.29, 0.717) is 0 Å². The zero-order valence-electron chi connectivity index (χ0n) is 39.8. The van der Waals surface area contributed by atoms with Gasteiger partial charge < -0.3 is 4.90 Å². The first-order valence-corrected chi connectivity index (χ1v) is 26.0. The fourth-order valence-corrected chi connectivity index (χ4v) is 13.7. The molecule has 0 unspecified atom stereocenters. The Morgan fingerprint density at radius 2 is 0.808 bits per heavy atom. The predicted octanol–water partition coefficient (Wildman–Crippen LogP) is 19.7. The van der Waals surface area contributed by atoms with Crippen molar-refractivity contribution in [3.8, 4) is 66.8 Å². The van der Waals surface area contributed by atoms with Gasteiger partial charge in [-0.1, -0.05) is 218 Å². The zero-order chi connectivity index (χ0) is 48.0. The third-order valence-corrected chi connectivity index (χ3v) is 16.9. The largest absolute Gasteiger partial charge is 0.310 e. The molecule has 0 N–H and O–H groups in total. The minimum atomic E-state index is -0.415. The Morgan fingerprint density at radius 3 is 1.55 bits per heavy atom. The lowest BCUT2D eigenvalue weighted by Gasteiger charge is -2.31. The standard InChI is InChI=1S/C71H45NS/c1-2-17-48(18-3-1)57-40-41-67(69-62-27-9-13-31-68(62)73-70(57)69)72(55-37-34-47(35-38-55)50-20-14-21-51(42-50)53-33-32-46-16-4-5-19-49(46)43-53)56-23-15-22-52(44-56)54-36-39-61-60-26-8-12-30-65(60)71(66(61)45-54)63-28-10-6-24-58(63)59-25-7-11-29-64(59)71/h1-45H. The molecular weight excluding hydrogens is 899 g/mol. The molecule has 0 saturated carbocycles. The molecule has 0 amide bonds. The van der Waals surface area contributed by atoms with E-state index in [-0.39, 0.29) is 0 Å². The first-order chi connectivity index (χ1) is 36.2. The molecule has 0 atom stereocenters. The smallest absolute Gasteiger partial charge is 0.0725 e. The van der Waals surface area contributed by atoms with Crippen molar-refractivity contribution in [1.82, 2.24) is 0 Å². The van der Waals surface area contributed by atoms with E-state index >= 15 is 0 Å². The lowest BCUT2D eigenvalue weighted by molar-refractivity contribution is 0.794. The Bertz CT molecular complexity index is 4270. The Balaban J connectivity index is 0.899. The number of rotatable bonds is 7. The molecule has 1 spiro atoms. The Labute approximate surface area is 429 Å². The molecule has 340 valence electrons. The van der Waals surface area contributed by atoms with Gasteiger partial charge in [-0.15, -0.1) is 11.3 Å². The van der Waals surface area contributed by atoms with Gasteiger partial charge in [0.1, 0.15) is 0 Å². The van der Waals surface area contributed by atoms with Gasteiger partial charge in [0.25, 0.3) is 0 Å². The maximum absolute atomic E-state index is 2.50. The lowest BCUT2D eigenvalue weighted by atomic mass is 9.70. The molecule has 0 radical (unpaired) electrons. The zero-order valence-corrected chi connectivity index (χ0v) is 40.7. The molecule has 13 aromatic rings. The summed E-state index contributed by atoms with van der Waals surface area (Å²) in [5, 5.41) is 5.03. The Morgan fingerprint density at radius 1 is 0.288 bits per heavy atom. The van der Waals surface area contributed by atoms with Gasteiger partial charge in [0.2, 0.25) is 0 Å². The summed E-state index contributed by atoms with van der Waals surface area (Å²) in [6.45, 7) is 0. The number of nitrogens with zero attached hydrogens (tertiary/aromatic N) is 1. The summed E-state index contributed by atoms with van der Waals surface area (Å²) >= 11 is 1.88. The SMILES string of the molecule is c1ccc(-c2ccc(N(c3ccc(-c4cccc(-c5ccc6ccccc6c5)c4)cc3)c3cccc(-c4ccc5c(c4)C4(c6ccccc6-c6ccccc64)c4ccccc4-5)c3)c3c2sc2ccccc23)cc1. The third kappa shape index (κ3) is 6.41. The fraction of sp³-hybridized carbons (Fsp3) is 0.0141. The second-order valence-electron chi connectivity index (χ2n) is 19.5. The average molecular weight is 944 g/mol. The molecule has 1 aromatic heterocycles. The highest BCUT2D eigenvalue weighted by Gasteiger charge is 2.51. The van der Waals surface area contributed by atoms with Crippen molar-refractivity contribution in [3.05, 3.63) is 295 Å². The van der Waals surface area contributed by atoms with E-state index in [1.807, 2.05) is 11.3 Å². The summed E-state index contributed by atoms with van der Waals surface area (Å²) in [6.07, 6.45) is 0. The van der Waals surface area contributed by atoms with E-state index in [1.165, 1.54) is 120 Å². The van der Waals surface area contributed by atoms with Crippen LogP contribution in [0.25, 0.3) is 97.7 Å². The maximum Gasteiger partial charge on any atom is 0.0725 e. The lowest BCUT2D eigenvalue weighted by Crippen LogP contribution is -2.25. The molecule has 2 aliphatic carbocycles. The molecule has 12 aromatic carbocycles. The average Bonchev–Trinajstić information content (AvgIpc) is 4.11. The van der Waals surface area contributed by atoms with E-state index in [0.717, 1.165) is 17.1 Å². The van der Waals surface area contributed by atoms with Gasteiger partial charge in [-0.2, -0.15) is 0 Å². The van der Waals surface area contributed by atoms with Gasteiger partial charge in [0.15, 0.2) is 0 Å². The van der Waals surface area contributed by atoms with Crippen LogP contribution in [0.4, 0.5) is 17.1 Å². The quantitative estimate of drug-likeness (QED) is 0.154. The number of fused-ring (bicyclic) bond motifs is 14. The molecule has 0 saturated heterocycles. The molecule has 73 heavy (non-hydrogen) atoms. The van der Waals surface area contributed by atoms with Crippen LogP contribution < -0.4 is 4.90 Å². The summed E-state index contributed by atoms with van der Waals surface area (Å²) in [5.41, 5.74) is 23.2. The summed E-state index contributed by atoms with van der Waals surface area (Å²) in [4.78, 5) is 2.49. The minimum Gasteiger partial charge on any atom is -0.310 e. The van der Waals surface area contributed by atoms with E-state index in [2.05, 4.69) is 278 Å². The number of hydrogen-bond donors (Lipinski definition) is 0. The van der Waals surface area contributed by atoms with Crippen molar-refractivity contribution in [2.45, 2.75) is 5.41 Å². The van der Waals surface area contributed by atoms with E-state index in [1.54, 1.807) is 0 Å². The van der Waals surface area contributed by atoms with Crippen molar-refractivity contribution >= 4 is 59.3 Å². The van der Waals surface area contributed by atoms with Crippen molar-refractivity contribution in [2.24, 2.45) is 0 Å². The van der Waals surface area contributed by atoms with Crippen LogP contribution in [0.1, 0.15) is 22.3 Å². The van der Waals surface area contributed by atoms with Gasteiger partial charge in [-0.3, -0.25) is 0 Å². The fourth-order valence-electron chi connectivity index (χ4n) is 12.4. The summed E-state index contributed by atoms with van der Waals surface area (Å²) < 4.78 is 2.56. The number of benzene rings is 12. The molecule has 15 rings (SSSR count). The maximum atomic E-state index is 2.50. The Kier molecular flexibility index (Phi) is 9.42. The van der Waals surface area contributed by atoms with Crippen molar-refractivity contribution < 1.29 is 0 Å². The predicted molar refractivity (Wildman–Crippen MR) is 310 cm³/mol. The minimum absolute atomic E-state index is 0.415. The Hall–Kier alpha value is -9.08. The molecule has 0 bridgehead atoms. The van der Waals surface area contributed by atoms with Crippen molar-refractivity contribution in [3.63, 3.8) is 0 Å². The molecule has 2 aliphatic rings. The second kappa shape index (κ2) is 16.5. The van der Waals surface area contributed by atoms with Crippen LogP contribution in [0.2, 0.25) is 0 Å². The molecule has 2 heteroatoms. The van der Waals surface area contributed by atoms with Gasteiger partial charge >= 0.3 is 0 Å². The molecule has 0 aliphatic heterocycles. The van der Waals surface area contributed by atoms with E-state index in [9.17, 15) is 0 Å². The topological polar surface area (TPSA) is 3.24 Å². The highest BCUT2D eigenvalue weighted by atomic mass is 32.1. The normalized spacial score (nSPS) is 12.8. The molecular formula is C71H45NS. The monoisotopic (exact) mass is 943 g/mol. The first-order valence-electron chi connectivity index (χ1n) is 25.2. The third-order valence-electron chi connectivity index (χ3n) is 15.7. The van der Waals surface area contributed by atoms with Gasteiger partial charge in [0, 0.05) is 31.5 Å². The summed E-state index contributed by atoms with van der Waals surface area (Å²) in [6, 6.07) is 102. The highest BCUT2D eigenvalue weighted by molar-refractivity contribution is 7.26. The van der Waals surface area contributed by atoms with Gasteiger partial charge in [-0.25, -0.2) is 0 Å². The van der Waals surface area contributed by atoms with Gasteiger partial charge in [0.05, 0.1) is 11.1 Å². The summed E-state index contributed by atoms with van der Waals surface area (Å²) in [5.74, 6) is 0. The number of hydrogen-bond acceptors (Lipinski definition) is 2. The van der Waals surface area contributed by atoms with Crippen LogP contribution in [0, 0.1) is 0 Å². The van der Waals surface area contributed by atoms with Crippen molar-refractivity contribution in [2.75, 3.05) is 4.90 Å². The number of thiophene rings is 1. The summed E-state index contributed by atoms with van der Waals surface area (Å²) in [7, 11) is 0. The van der Waals surface area contributed by atoms with Crippen LogP contribution in [0.3, 0.4) is 0 Å². The number of anilines is 3. The van der Waals surface area contributed by atoms with E-state index in [4.69, 9.17) is 0 Å². The molecule has 0 fully saturated rings. The van der Waals surface area contributed by atoms with Gasteiger partial charge in [-0.05, 0) is 154 Å².